The molecule has 0 radical (unpaired) electrons. The standard InChI is InChI=1S/C112H71FN2O22/c113-84-54-51-68(52-55-84)53-56-85-67-86(115-114-85)107(122)127-91-62-73(66-96-101(91)137-112(132-96,82-47-27-9-28-48-82)83-49-29-10-30-50-83)106(121)126-90-61-72(65-95-100(90)136-111(131-95,80-43-23-7-24-44-80)81-45-25-8-26-46-81)105(120)125-89-60-71(64-94-99(89)135-110(130-94,78-39-19-5-20-40-78)79-41-21-6-22-42-79)104(119)124-88-59-70(63-93-98(88)134-109(129-93,76-35-15-3-16-36-76)77-37-17-4-18-38-77)103(118)123-87-57-69(102(116)117)58-92-97(87)133-108(128-92,74-31-11-1-12-32-74)75-33-13-2-14-34-75/h1-52,54-55,57-67H,53,56H2,(H,114,115)(H,116,117). The van der Waals surface area contributed by atoms with Crippen LogP contribution in [0.15, 0.2) is 394 Å². The van der Waals surface area contributed by atoms with Crippen LogP contribution in [-0.4, -0.2) is 51.1 Å². The molecule has 6 heterocycles. The maximum atomic E-state index is 16.1. The molecule has 0 amide bonds. The second kappa shape index (κ2) is 34.3. The van der Waals surface area contributed by atoms with E-state index in [0.29, 0.717) is 74.2 Å². The third kappa shape index (κ3) is 15.3. The van der Waals surface area contributed by atoms with Gasteiger partial charge in [0.1, 0.15) is 11.5 Å². The first kappa shape index (κ1) is 84.1. The molecule has 17 aromatic rings. The summed E-state index contributed by atoms with van der Waals surface area (Å²) in [5, 5.41) is 17.8. The van der Waals surface area contributed by atoms with Crippen molar-refractivity contribution >= 4 is 35.8 Å². The minimum Gasteiger partial charge on any atom is -0.478 e. The number of aromatic carboxylic acids is 1. The smallest absolute Gasteiger partial charge is 0.361 e. The highest BCUT2D eigenvalue weighted by molar-refractivity contribution is 6.00. The highest BCUT2D eigenvalue weighted by Crippen LogP contribution is 2.60. The van der Waals surface area contributed by atoms with Crippen LogP contribution in [0.5, 0.6) is 86.2 Å². The number of aryl methyl sites for hydroxylation is 2. The number of aromatic nitrogens is 2. The van der Waals surface area contributed by atoms with Crippen LogP contribution in [0.2, 0.25) is 0 Å². The number of hydrogen-bond donors (Lipinski definition) is 2. The van der Waals surface area contributed by atoms with Crippen LogP contribution in [-0.2, 0) is 41.8 Å². The summed E-state index contributed by atoms with van der Waals surface area (Å²) < 4.78 is 116. The van der Waals surface area contributed by atoms with E-state index in [1.807, 2.05) is 24.3 Å². The lowest BCUT2D eigenvalue weighted by atomic mass is 9.97. The summed E-state index contributed by atoms with van der Waals surface area (Å²) in [4.78, 5) is 91.2. The highest BCUT2D eigenvalue weighted by atomic mass is 19.1. The molecule has 0 aliphatic carbocycles. The first-order chi connectivity index (χ1) is 67.0. The number of carboxylic acid groups (broad SMARTS) is 1. The van der Waals surface area contributed by atoms with Gasteiger partial charge >= 0.3 is 64.8 Å². The van der Waals surface area contributed by atoms with Gasteiger partial charge in [0.15, 0.2) is 57.5 Å². The van der Waals surface area contributed by atoms with Gasteiger partial charge in [0.25, 0.3) is 0 Å². The molecule has 2 N–H and O–H groups in total. The van der Waals surface area contributed by atoms with Crippen molar-refractivity contribution in [2.75, 3.05) is 0 Å². The molecule has 5 aliphatic heterocycles. The topological polar surface area (TPSA) is 290 Å². The maximum absolute atomic E-state index is 16.1. The number of fused-ring (bicyclic) bond motifs is 5. The van der Waals surface area contributed by atoms with Gasteiger partial charge in [0, 0.05) is 55.6 Å². The minimum absolute atomic E-state index is 0.0669. The number of carbonyl (C=O) groups is 6. The van der Waals surface area contributed by atoms with Crippen LogP contribution >= 0.6 is 0 Å². The number of benzene rings is 16. The Morgan fingerprint density at radius 2 is 0.467 bits per heavy atom. The van der Waals surface area contributed by atoms with Crippen LogP contribution in [0.4, 0.5) is 4.39 Å². The van der Waals surface area contributed by atoms with Crippen LogP contribution < -0.4 is 71.1 Å². The van der Waals surface area contributed by atoms with Gasteiger partial charge in [0.05, 0.1) is 33.5 Å². The zero-order valence-corrected chi connectivity index (χ0v) is 71.8. The van der Waals surface area contributed by atoms with E-state index in [1.54, 1.807) is 291 Å². The number of H-pyrrole nitrogens is 1. The fraction of sp³-hybridized carbons (Fsp3) is 0.0625. The zero-order valence-electron chi connectivity index (χ0n) is 71.8. The molecule has 24 nitrogen and oxygen atoms in total. The predicted octanol–water partition coefficient (Wildman–Crippen LogP) is 21.5. The Labute approximate surface area is 779 Å². The summed E-state index contributed by atoms with van der Waals surface area (Å²) in [6, 6.07) is 109. The average molecular weight is 1820 g/mol. The number of ether oxygens (including phenoxy) is 15. The molecule has 0 saturated heterocycles. The molecule has 0 atom stereocenters. The Kier molecular flexibility index (Phi) is 21.1. The number of aromatic amines is 1. The van der Waals surface area contributed by atoms with Crippen LogP contribution in [0, 0.1) is 5.82 Å². The van der Waals surface area contributed by atoms with E-state index in [2.05, 4.69) is 10.2 Å². The average Bonchev–Trinajstić information content (AvgIpc) is 1.58. The monoisotopic (exact) mass is 1810 g/mol. The van der Waals surface area contributed by atoms with E-state index < -0.39 is 82.0 Å². The lowest BCUT2D eigenvalue weighted by molar-refractivity contribution is -0.0470. The van der Waals surface area contributed by atoms with Crippen molar-refractivity contribution in [1.29, 1.82) is 0 Å². The minimum atomic E-state index is -1.87. The van der Waals surface area contributed by atoms with E-state index in [9.17, 15) is 19.1 Å². The largest absolute Gasteiger partial charge is 0.478 e. The summed E-state index contributed by atoms with van der Waals surface area (Å²) in [6.07, 6.45) is 0.825. The molecule has 0 saturated carbocycles. The summed E-state index contributed by atoms with van der Waals surface area (Å²) in [6.45, 7) is 0. The second-order valence-electron chi connectivity index (χ2n) is 32.4. The molecule has 0 unspecified atom stereocenters. The summed E-state index contributed by atoms with van der Waals surface area (Å²) in [5.74, 6) is -19.6. The second-order valence-corrected chi connectivity index (χ2v) is 32.4. The summed E-state index contributed by atoms with van der Waals surface area (Å²) in [5.41, 5.74) is 4.48. The fourth-order valence-electron chi connectivity index (χ4n) is 17.2. The first-order valence-corrected chi connectivity index (χ1v) is 43.4. The van der Waals surface area contributed by atoms with Crippen LogP contribution in [0.3, 0.4) is 0 Å². The maximum Gasteiger partial charge on any atom is 0.361 e. The Balaban J connectivity index is 0.651. The van der Waals surface area contributed by atoms with Gasteiger partial charge < -0.3 is 76.2 Å². The van der Waals surface area contributed by atoms with Gasteiger partial charge in [-0.25, -0.2) is 33.2 Å². The molecule has 25 heteroatoms. The van der Waals surface area contributed by atoms with Crippen LogP contribution in [0.25, 0.3) is 0 Å². The quantitative estimate of drug-likeness (QED) is 0.0420. The molecule has 668 valence electrons. The Morgan fingerprint density at radius 3 is 0.693 bits per heavy atom. The van der Waals surface area contributed by atoms with Gasteiger partial charge in [-0.15, -0.1) is 0 Å². The lowest BCUT2D eigenvalue weighted by Crippen LogP contribution is -2.36. The SMILES string of the molecule is O=C(O)c1cc(OC(=O)c2cc(OC(=O)c3cc(OC(=O)c4cc(OC(=O)c5cc(OC(=O)c6cc(CCc7ccc(F)cc7)n[nH]6)c6c(c5)OC(c5ccccc5)(c5ccccc5)O6)c5c(c4)OC(c4ccccc4)(c4ccccc4)O5)c4c(c3)OC(c3ccccc3)(c3ccccc3)O4)c3c(c2)OC(c2ccccc2)(c2ccccc2)O3)c2c(c1)OC(c1ccccc1)(c1ccccc1)O2. The van der Waals surface area contributed by atoms with Crippen molar-refractivity contribution in [2.24, 2.45) is 0 Å². The number of rotatable bonds is 24. The van der Waals surface area contributed by atoms with E-state index in [0.717, 1.165) is 11.6 Å². The fourth-order valence-corrected chi connectivity index (χ4v) is 17.2. The van der Waals surface area contributed by atoms with Crippen molar-refractivity contribution in [3.05, 3.63) is 501 Å². The van der Waals surface area contributed by atoms with Gasteiger partial charge in [-0.1, -0.05) is 315 Å². The van der Waals surface area contributed by atoms with Crippen LogP contribution in [0.1, 0.15) is 129 Å². The molecule has 22 rings (SSSR count). The van der Waals surface area contributed by atoms with Gasteiger partial charge in [-0.3, -0.25) is 5.10 Å². The molecule has 5 aliphatic rings. The van der Waals surface area contributed by atoms with Crippen molar-refractivity contribution in [1.82, 2.24) is 10.2 Å². The molecule has 16 aromatic carbocycles. The van der Waals surface area contributed by atoms with E-state index in [1.165, 1.54) is 72.8 Å². The lowest BCUT2D eigenvalue weighted by Gasteiger charge is -2.28. The Bertz CT molecular complexity index is 7380. The third-order valence-corrected chi connectivity index (χ3v) is 23.8. The van der Waals surface area contributed by atoms with E-state index >= 15 is 19.2 Å². The molecule has 1 aromatic heterocycles. The Morgan fingerprint density at radius 1 is 0.255 bits per heavy atom. The Hall–Kier alpha value is -18.5. The number of esters is 5. The van der Waals surface area contributed by atoms with Gasteiger partial charge in [-0.05, 0) is 97.3 Å². The van der Waals surface area contributed by atoms with E-state index in [4.69, 9.17) is 71.1 Å². The number of carboxylic acids is 1. The van der Waals surface area contributed by atoms with Gasteiger partial charge in [-0.2, -0.15) is 5.10 Å². The molecule has 137 heavy (non-hydrogen) atoms. The number of nitrogens with zero attached hydrogens (tertiary/aromatic N) is 1. The predicted molar refractivity (Wildman–Crippen MR) is 491 cm³/mol. The van der Waals surface area contributed by atoms with E-state index in [-0.39, 0.29) is 108 Å². The molecular formula is C112H71FN2O22. The van der Waals surface area contributed by atoms with Gasteiger partial charge in [0.2, 0.25) is 28.7 Å². The molecular weight excluding hydrogens is 1740 g/mol. The van der Waals surface area contributed by atoms with Crippen molar-refractivity contribution in [3.8, 4) is 86.2 Å². The number of nitrogens with one attached hydrogen (secondary N) is 1. The summed E-state index contributed by atoms with van der Waals surface area (Å²) in [7, 11) is 0. The molecule has 0 bridgehead atoms. The number of halogens is 1. The first-order valence-electron chi connectivity index (χ1n) is 43.4. The molecule has 0 fully saturated rings. The van der Waals surface area contributed by atoms with Crippen molar-refractivity contribution in [3.63, 3.8) is 0 Å². The summed E-state index contributed by atoms with van der Waals surface area (Å²) >= 11 is 0. The zero-order chi connectivity index (χ0) is 93.0. The highest BCUT2D eigenvalue weighted by Gasteiger charge is 2.54. The third-order valence-electron chi connectivity index (χ3n) is 23.8. The normalized spacial score (nSPS) is 14.4. The number of hydrogen-bond acceptors (Lipinski definition) is 22. The molecule has 0 spiro atoms. The van der Waals surface area contributed by atoms with Crippen molar-refractivity contribution in [2.45, 2.75) is 41.8 Å². The van der Waals surface area contributed by atoms with Crippen molar-refractivity contribution < 1.29 is 109 Å². The number of carbonyl (C=O) groups excluding carboxylic acids is 5.